The Labute approximate surface area is 104 Å². The number of anilines is 1. The zero-order valence-electron chi connectivity index (χ0n) is 10.2. The van der Waals surface area contributed by atoms with Crippen LogP contribution in [0.15, 0.2) is 24.3 Å². The van der Waals surface area contributed by atoms with Crippen molar-refractivity contribution in [3.05, 3.63) is 29.8 Å². The van der Waals surface area contributed by atoms with Gasteiger partial charge in [-0.2, -0.15) is 0 Å². The second-order valence-corrected chi connectivity index (χ2v) is 4.60. The molecule has 0 fully saturated rings. The van der Waals surface area contributed by atoms with E-state index in [0.29, 0.717) is 5.88 Å². The molecule has 1 aromatic carbocycles. The first-order chi connectivity index (χ1) is 7.72. The Morgan fingerprint density at radius 2 is 1.88 bits per heavy atom. The maximum atomic E-state index is 5.69. The maximum absolute atomic E-state index is 5.69. The quantitative estimate of drug-likeness (QED) is 0.583. The van der Waals surface area contributed by atoms with Gasteiger partial charge in [-0.15, -0.1) is 11.6 Å². The molecule has 16 heavy (non-hydrogen) atoms. The summed E-state index contributed by atoms with van der Waals surface area (Å²) < 4.78 is 0. The summed E-state index contributed by atoms with van der Waals surface area (Å²) in [6.07, 6.45) is 2.11. The number of hydrogen-bond donors (Lipinski definition) is 1. The van der Waals surface area contributed by atoms with E-state index in [1.165, 1.54) is 11.3 Å². The monoisotopic (exact) mass is 240 g/mol. The minimum absolute atomic E-state index is 0.690. The molecule has 0 saturated heterocycles. The Morgan fingerprint density at radius 1 is 1.19 bits per heavy atom. The normalized spacial score (nSPS) is 10.8. The SMILES string of the molecule is CN(C)CCCNc1ccc(CCCl)cc1. The Morgan fingerprint density at radius 3 is 2.44 bits per heavy atom. The molecule has 0 unspecified atom stereocenters. The summed E-state index contributed by atoms with van der Waals surface area (Å²) in [5.74, 6) is 0.690. The van der Waals surface area contributed by atoms with Crippen LogP contribution < -0.4 is 5.32 Å². The van der Waals surface area contributed by atoms with Gasteiger partial charge in [0.05, 0.1) is 0 Å². The molecule has 2 nitrogen and oxygen atoms in total. The first kappa shape index (κ1) is 13.3. The van der Waals surface area contributed by atoms with Crippen molar-refractivity contribution in [3.8, 4) is 0 Å². The number of nitrogens with zero attached hydrogens (tertiary/aromatic N) is 1. The van der Waals surface area contributed by atoms with Gasteiger partial charge in [-0.25, -0.2) is 0 Å². The van der Waals surface area contributed by atoms with Gasteiger partial charge in [-0.3, -0.25) is 0 Å². The summed E-state index contributed by atoms with van der Waals surface area (Å²) in [6.45, 7) is 2.14. The molecule has 0 aliphatic rings. The molecule has 0 bridgehead atoms. The molecule has 0 heterocycles. The number of rotatable bonds is 7. The molecule has 0 saturated carbocycles. The molecule has 1 N–H and O–H groups in total. The fourth-order valence-corrected chi connectivity index (χ4v) is 1.74. The lowest BCUT2D eigenvalue weighted by Gasteiger charge is -2.10. The molecule has 0 aliphatic carbocycles. The third-order valence-electron chi connectivity index (χ3n) is 2.45. The lowest BCUT2D eigenvalue weighted by atomic mass is 10.1. The molecule has 1 rings (SSSR count). The van der Waals surface area contributed by atoms with E-state index in [1.807, 2.05) is 0 Å². The van der Waals surface area contributed by atoms with Crippen LogP contribution in [-0.4, -0.2) is 38.0 Å². The van der Waals surface area contributed by atoms with Gasteiger partial charge in [-0.1, -0.05) is 12.1 Å². The van der Waals surface area contributed by atoms with E-state index in [0.717, 1.165) is 25.9 Å². The van der Waals surface area contributed by atoms with Crippen LogP contribution in [-0.2, 0) is 6.42 Å². The van der Waals surface area contributed by atoms with E-state index in [9.17, 15) is 0 Å². The summed E-state index contributed by atoms with van der Waals surface area (Å²) in [4.78, 5) is 2.20. The van der Waals surface area contributed by atoms with Crippen LogP contribution in [0.25, 0.3) is 0 Å². The van der Waals surface area contributed by atoms with Crippen LogP contribution >= 0.6 is 11.6 Å². The zero-order valence-corrected chi connectivity index (χ0v) is 10.9. The summed E-state index contributed by atoms with van der Waals surface area (Å²) in [7, 11) is 4.20. The Kier molecular flexibility index (Phi) is 6.27. The molecule has 0 aromatic heterocycles. The van der Waals surface area contributed by atoms with Crippen LogP contribution in [0.2, 0.25) is 0 Å². The minimum atomic E-state index is 0.690. The van der Waals surface area contributed by atoms with Crippen molar-refractivity contribution >= 4 is 17.3 Å². The van der Waals surface area contributed by atoms with E-state index in [1.54, 1.807) is 0 Å². The number of alkyl halides is 1. The van der Waals surface area contributed by atoms with E-state index in [2.05, 4.69) is 48.6 Å². The van der Waals surface area contributed by atoms with Gasteiger partial charge >= 0.3 is 0 Å². The third kappa shape index (κ3) is 5.38. The first-order valence-electron chi connectivity index (χ1n) is 5.76. The van der Waals surface area contributed by atoms with Gasteiger partial charge in [0, 0.05) is 18.1 Å². The molecule has 0 radical (unpaired) electrons. The highest BCUT2D eigenvalue weighted by Gasteiger charge is 1.94. The number of nitrogens with one attached hydrogen (secondary N) is 1. The van der Waals surface area contributed by atoms with E-state index < -0.39 is 0 Å². The number of aryl methyl sites for hydroxylation is 1. The molecule has 3 heteroatoms. The van der Waals surface area contributed by atoms with Crippen molar-refractivity contribution in [3.63, 3.8) is 0 Å². The van der Waals surface area contributed by atoms with Crippen LogP contribution in [0, 0.1) is 0 Å². The largest absolute Gasteiger partial charge is 0.385 e. The topological polar surface area (TPSA) is 15.3 Å². The van der Waals surface area contributed by atoms with Gasteiger partial charge in [0.2, 0.25) is 0 Å². The van der Waals surface area contributed by atoms with Crippen molar-refractivity contribution < 1.29 is 0 Å². The van der Waals surface area contributed by atoms with E-state index in [-0.39, 0.29) is 0 Å². The number of hydrogen-bond acceptors (Lipinski definition) is 2. The Hall–Kier alpha value is -0.730. The van der Waals surface area contributed by atoms with Gasteiger partial charge < -0.3 is 10.2 Å². The average Bonchev–Trinajstić information content (AvgIpc) is 2.27. The second-order valence-electron chi connectivity index (χ2n) is 4.22. The highest BCUT2D eigenvalue weighted by molar-refractivity contribution is 6.17. The smallest absolute Gasteiger partial charge is 0.0340 e. The van der Waals surface area contributed by atoms with Crippen LogP contribution in [0.1, 0.15) is 12.0 Å². The van der Waals surface area contributed by atoms with E-state index in [4.69, 9.17) is 11.6 Å². The molecule has 1 aromatic rings. The maximum Gasteiger partial charge on any atom is 0.0340 e. The fraction of sp³-hybridized carbons (Fsp3) is 0.538. The lowest BCUT2D eigenvalue weighted by Crippen LogP contribution is -2.16. The highest BCUT2D eigenvalue weighted by Crippen LogP contribution is 2.10. The molecule has 0 atom stereocenters. The number of benzene rings is 1. The fourth-order valence-electron chi connectivity index (χ4n) is 1.53. The molecule has 0 amide bonds. The Balaban J connectivity index is 2.26. The van der Waals surface area contributed by atoms with Gasteiger partial charge in [-0.05, 0) is 51.2 Å². The van der Waals surface area contributed by atoms with Crippen molar-refractivity contribution in [2.75, 3.05) is 38.4 Å². The molecular formula is C13H21ClN2. The van der Waals surface area contributed by atoms with Crippen molar-refractivity contribution in [1.82, 2.24) is 4.90 Å². The summed E-state index contributed by atoms with van der Waals surface area (Å²) in [5.41, 5.74) is 2.49. The predicted molar refractivity (Wildman–Crippen MR) is 72.5 cm³/mol. The van der Waals surface area contributed by atoms with Gasteiger partial charge in [0.25, 0.3) is 0 Å². The van der Waals surface area contributed by atoms with Crippen molar-refractivity contribution in [2.45, 2.75) is 12.8 Å². The lowest BCUT2D eigenvalue weighted by molar-refractivity contribution is 0.405. The highest BCUT2D eigenvalue weighted by atomic mass is 35.5. The second kappa shape index (κ2) is 7.53. The summed E-state index contributed by atoms with van der Waals surface area (Å²) in [6, 6.07) is 8.52. The van der Waals surface area contributed by atoms with Gasteiger partial charge in [0.15, 0.2) is 0 Å². The molecule has 0 aliphatic heterocycles. The van der Waals surface area contributed by atoms with Crippen LogP contribution in [0.5, 0.6) is 0 Å². The summed E-state index contributed by atoms with van der Waals surface area (Å²) >= 11 is 5.69. The minimum Gasteiger partial charge on any atom is -0.385 e. The van der Waals surface area contributed by atoms with Crippen molar-refractivity contribution in [1.29, 1.82) is 0 Å². The van der Waals surface area contributed by atoms with Crippen LogP contribution in [0.3, 0.4) is 0 Å². The molecular weight excluding hydrogens is 220 g/mol. The van der Waals surface area contributed by atoms with E-state index >= 15 is 0 Å². The number of halogens is 1. The third-order valence-corrected chi connectivity index (χ3v) is 2.64. The predicted octanol–water partition coefficient (Wildman–Crippen LogP) is 2.83. The first-order valence-corrected chi connectivity index (χ1v) is 6.29. The summed E-state index contributed by atoms with van der Waals surface area (Å²) in [5, 5.41) is 3.41. The molecule has 90 valence electrons. The van der Waals surface area contributed by atoms with Crippen LogP contribution in [0.4, 0.5) is 5.69 Å². The van der Waals surface area contributed by atoms with Crippen molar-refractivity contribution in [2.24, 2.45) is 0 Å². The molecule has 0 spiro atoms. The standard InChI is InChI=1S/C13H21ClN2/c1-16(2)11-3-10-15-13-6-4-12(5-7-13)8-9-14/h4-7,15H,3,8-11H2,1-2H3. The van der Waals surface area contributed by atoms with Gasteiger partial charge in [0.1, 0.15) is 0 Å². The Bertz CT molecular complexity index is 282. The zero-order chi connectivity index (χ0) is 11.8. The average molecular weight is 241 g/mol.